The monoisotopic (exact) mass is 780 g/mol. The molecule has 0 radical (unpaired) electrons. The molecule has 3 N–H and O–H groups in total. The zero-order valence-corrected chi connectivity index (χ0v) is 34.9. The van der Waals surface area contributed by atoms with Crippen molar-refractivity contribution in [1.82, 2.24) is 15.0 Å². The second-order valence-corrected chi connectivity index (χ2v) is 17.6. The molecule has 10 rings (SSSR count). The maximum Gasteiger partial charge on any atom is 0.0733 e. The molecule has 60 heavy (non-hydrogen) atoms. The molecule has 0 saturated heterocycles. The minimum atomic E-state index is -0.471. The molecule has 0 unspecified atom stereocenters. The Morgan fingerprint density at radius 1 is 0.317 bits per heavy atom. The standard InChI is InChI=1S/C54H48N6/c1-52(2)43-28-22-37(55-43)49(34-16-10-7-11-17-34)39-24-30-45(57-39)53(3,4)47-32-26-41(59-47)51(36-20-14-9-15-21-36)42-27-33-48(60-42)54(5,6)46-31-25-40(58-46)50(35-18-12-8-13-19-35)38-23-29-44(52)56-38/h7-33,55-56,59H,1-6H3/b49-39-,50-40-,51-42-. The maximum absolute atomic E-state index is 5.40. The Morgan fingerprint density at radius 3 is 0.950 bits per heavy atom. The minimum absolute atomic E-state index is 0.380. The lowest BCUT2D eigenvalue weighted by Gasteiger charge is -2.24. The zero-order chi connectivity index (χ0) is 41.2. The highest BCUT2D eigenvalue weighted by Crippen LogP contribution is 2.41. The summed E-state index contributed by atoms with van der Waals surface area (Å²) in [5.74, 6) is 0. The molecule has 294 valence electrons. The lowest BCUT2D eigenvalue weighted by molar-refractivity contribution is 0.602. The highest BCUT2D eigenvalue weighted by molar-refractivity contribution is 6.22. The van der Waals surface area contributed by atoms with Crippen LogP contribution in [0.1, 0.15) is 92.4 Å². The number of aliphatic imine (C=N–C) groups is 3. The molecule has 7 heterocycles. The first-order valence-corrected chi connectivity index (χ1v) is 20.8. The van der Waals surface area contributed by atoms with Crippen LogP contribution in [0.3, 0.4) is 0 Å². The molecule has 4 aliphatic heterocycles. The van der Waals surface area contributed by atoms with E-state index in [0.717, 1.165) is 102 Å². The van der Waals surface area contributed by atoms with Crippen LogP contribution in [0.4, 0.5) is 0 Å². The van der Waals surface area contributed by atoms with Gasteiger partial charge in [0, 0.05) is 67.1 Å². The Labute approximate surface area is 352 Å². The summed E-state index contributed by atoms with van der Waals surface area (Å²) in [5, 5.41) is 0. The normalized spacial score (nSPS) is 22.4. The first-order chi connectivity index (χ1) is 29.0. The van der Waals surface area contributed by atoms with Crippen LogP contribution in [0.5, 0.6) is 0 Å². The van der Waals surface area contributed by atoms with E-state index < -0.39 is 10.8 Å². The summed E-state index contributed by atoms with van der Waals surface area (Å²) >= 11 is 0. The summed E-state index contributed by atoms with van der Waals surface area (Å²) < 4.78 is 0. The van der Waals surface area contributed by atoms with Crippen LogP contribution in [0.2, 0.25) is 0 Å². The van der Waals surface area contributed by atoms with E-state index in [1.54, 1.807) is 0 Å². The van der Waals surface area contributed by atoms with Gasteiger partial charge in [0.05, 0.1) is 34.2 Å². The van der Waals surface area contributed by atoms with Crippen LogP contribution in [0, 0.1) is 5.41 Å². The molecule has 0 atom stereocenters. The van der Waals surface area contributed by atoms with Crippen molar-refractivity contribution in [2.24, 2.45) is 20.4 Å². The summed E-state index contributed by atoms with van der Waals surface area (Å²) in [6.07, 6.45) is 13.0. The fourth-order valence-electron chi connectivity index (χ4n) is 8.82. The molecule has 3 aromatic heterocycles. The predicted molar refractivity (Wildman–Crippen MR) is 248 cm³/mol. The number of hydrogen-bond acceptors (Lipinski definition) is 3. The van der Waals surface area contributed by atoms with E-state index in [9.17, 15) is 0 Å². The van der Waals surface area contributed by atoms with Crippen LogP contribution in [0.25, 0.3) is 16.7 Å². The Hall–Kier alpha value is -7.05. The van der Waals surface area contributed by atoms with Crippen molar-refractivity contribution < 1.29 is 0 Å². The van der Waals surface area contributed by atoms with E-state index in [-0.39, 0.29) is 5.41 Å². The molecule has 6 nitrogen and oxygen atoms in total. The van der Waals surface area contributed by atoms with Gasteiger partial charge in [0.25, 0.3) is 0 Å². The number of rotatable bonds is 3. The molecule has 4 aliphatic rings. The Kier molecular flexibility index (Phi) is 8.72. The van der Waals surface area contributed by atoms with Crippen LogP contribution in [-0.4, -0.2) is 32.1 Å². The first kappa shape index (κ1) is 37.2. The topological polar surface area (TPSA) is 84.5 Å². The van der Waals surface area contributed by atoms with Crippen LogP contribution in [0.15, 0.2) is 196 Å². The van der Waals surface area contributed by atoms with Gasteiger partial charge >= 0.3 is 0 Å². The molecule has 6 aromatic rings. The fourth-order valence-corrected chi connectivity index (χ4v) is 8.82. The number of fused-ring (bicyclic) bond motifs is 9. The molecule has 0 amide bonds. The number of aromatic amines is 3. The Bertz CT molecular complexity index is 2960. The van der Waals surface area contributed by atoms with Crippen LogP contribution < -0.4 is 0 Å². The van der Waals surface area contributed by atoms with Crippen molar-refractivity contribution in [1.29, 1.82) is 0 Å². The van der Waals surface area contributed by atoms with Gasteiger partial charge in [-0.1, -0.05) is 91.0 Å². The molecule has 0 saturated carbocycles. The van der Waals surface area contributed by atoms with Crippen molar-refractivity contribution in [2.75, 3.05) is 0 Å². The summed E-state index contributed by atoms with van der Waals surface area (Å²) in [4.78, 5) is 27.8. The van der Waals surface area contributed by atoms with E-state index in [4.69, 9.17) is 15.0 Å². The number of hydrogen-bond donors (Lipinski definition) is 3. The van der Waals surface area contributed by atoms with Gasteiger partial charge in [-0.15, -0.1) is 0 Å². The lowest BCUT2D eigenvalue weighted by atomic mass is 9.82. The molecule has 12 bridgehead atoms. The van der Waals surface area contributed by atoms with Gasteiger partial charge in [0.2, 0.25) is 0 Å². The highest BCUT2D eigenvalue weighted by Gasteiger charge is 2.35. The highest BCUT2D eigenvalue weighted by atomic mass is 14.9. The number of nitrogens with zero attached hydrogens (tertiary/aromatic N) is 3. The quantitative estimate of drug-likeness (QED) is 0.160. The van der Waals surface area contributed by atoms with Crippen molar-refractivity contribution in [3.8, 4) is 0 Å². The van der Waals surface area contributed by atoms with E-state index in [0.29, 0.717) is 0 Å². The molecule has 0 spiro atoms. The van der Waals surface area contributed by atoms with Crippen LogP contribution >= 0.6 is 0 Å². The smallest absolute Gasteiger partial charge is 0.0733 e. The van der Waals surface area contributed by atoms with Gasteiger partial charge in [-0.25, -0.2) is 0 Å². The van der Waals surface area contributed by atoms with Crippen molar-refractivity contribution in [3.05, 3.63) is 232 Å². The van der Waals surface area contributed by atoms with E-state index in [1.165, 1.54) is 0 Å². The second kappa shape index (κ2) is 14.1. The number of H-pyrrole nitrogens is 3. The van der Waals surface area contributed by atoms with Gasteiger partial charge in [0.1, 0.15) is 0 Å². The number of benzene rings is 3. The summed E-state index contributed by atoms with van der Waals surface area (Å²) in [5.41, 5.74) is 17.2. The third kappa shape index (κ3) is 6.22. The molecular formula is C54H48N6. The Morgan fingerprint density at radius 2 is 0.617 bits per heavy atom. The van der Waals surface area contributed by atoms with E-state index >= 15 is 0 Å². The number of aromatic nitrogens is 3. The van der Waals surface area contributed by atoms with Crippen LogP contribution in [-0.2, 0) is 10.8 Å². The zero-order valence-electron chi connectivity index (χ0n) is 34.9. The third-order valence-corrected chi connectivity index (χ3v) is 12.7. The van der Waals surface area contributed by atoms with E-state index in [2.05, 4.69) is 220 Å². The SMILES string of the molecule is CC1(C)C2=N/C(=C(/c3ccccc3)c3ccc([nH]3)C(C)(C)C3=N/C(=C(/c4ccccc4)c4ccc([nH]4)C(C)(C)c4ccc([nH]4)/C(c4ccccc4)=C4/C=CC1=N4)C=C3)C=C2. The molecular weight excluding hydrogens is 733 g/mol. The average Bonchev–Trinajstić information content (AvgIpc) is 4.11. The van der Waals surface area contributed by atoms with Gasteiger partial charge in [-0.2, -0.15) is 0 Å². The molecule has 6 heteroatoms. The van der Waals surface area contributed by atoms with Gasteiger partial charge in [0.15, 0.2) is 0 Å². The van der Waals surface area contributed by atoms with Gasteiger partial charge in [-0.05, 0) is 131 Å². The lowest BCUT2D eigenvalue weighted by Crippen LogP contribution is -2.30. The second-order valence-electron chi connectivity index (χ2n) is 17.6. The largest absolute Gasteiger partial charge is 0.358 e. The Balaban J connectivity index is 1.20. The van der Waals surface area contributed by atoms with E-state index in [1.807, 2.05) is 0 Å². The average molecular weight is 781 g/mol. The van der Waals surface area contributed by atoms with Crippen molar-refractivity contribution >= 4 is 33.9 Å². The predicted octanol–water partition coefficient (Wildman–Crippen LogP) is 12.3. The fraction of sp³-hybridized carbons (Fsp3) is 0.167. The minimum Gasteiger partial charge on any atom is -0.358 e. The summed E-state index contributed by atoms with van der Waals surface area (Å²) in [6, 6.07) is 44.9. The summed E-state index contributed by atoms with van der Waals surface area (Å²) in [7, 11) is 0. The summed E-state index contributed by atoms with van der Waals surface area (Å²) in [6.45, 7) is 13.5. The molecule has 0 fully saturated rings. The van der Waals surface area contributed by atoms with Crippen molar-refractivity contribution in [3.63, 3.8) is 0 Å². The molecule has 3 aromatic carbocycles. The van der Waals surface area contributed by atoms with Crippen molar-refractivity contribution in [2.45, 2.75) is 52.4 Å². The molecule has 0 aliphatic carbocycles. The maximum atomic E-state index is 5.40. The third-order valence-electron chi connectivity index (χ3n) is 12.7. The van der Waals surface area contributed by atoms with Gasteiger partial charge < -0.3 is 15.0 Å². The van der Waals surface area contributed by atoms with Gasteiger partial charge in [-0.3, -0.25) is 15.0 Å². The number of allylic oxidation sites excluding steroid dienone is 6. The number of nitrogens with one attached hydrogen (secondary N) is 3. The first-order valence-electron chi connectivity index (χ1n) is 20.8.